The third-order valence-electron chi connectivity index (χ3n) is 0.712. The molecule has 0 aromatic carbocycles. The molecule has 0 aromatic heterocycles. The van der Waals surface area contributed by atoms with Gasteiger partial charge in [0.15, 0.2) is 0 Å². The molecule has 3 nitrogen and oxygen atoms in total. The van der Waals surface area contributed by atoms with Crippen LogP contribution in [-0.2, 0) is 40.5 Å². The molecule has 0 amide bonds. The van der Waals surface area contributed by atoms with Gasteiger partial charge in [0.25, 0.3) is 0 Å². The standard InChI is InChI=1S/C6H10O3.Zr/c1-3-4-6(8)9-5(2)7;/h3-4H2,1-2H3;. The van der Waals surface area contributed by atoms with Crippen molar-refractivity contribution in [2.45, 2.75) is 26.7 Å². The smallest absolute Gasteiger partial charge is 0.313 e. The Bertz CT molecular complexity index is 122. The molecular formula is C6H10O3Zr. The summed E-state index contributed by atoms with van der Waals surface area (Å²) < 4.78 is 4.21. The van der Waals surface area contributed by atoms with Crippen molar-refractivity contribution in [2.75, 3.05) is 0 Å². The van der Waals surface area contributed by atoms with Crippen LogP contribution < -0.4 is 0 Å². The molecule has 0 bridgehead atoms. The first-order valence-corrected chi connectivity index (χ1v) is 2.88. The summed E-state index contributed by atoms with van der Waals surface area (Å²) in [4.78, 5) is 20.5. The Kier molecular flexibility index (Phi) is 9.04. The second-order valence-corrected chi connectivity index (χ2v) is 1.72. The van der Waals surface area contributed by atoms with Crippen molar-refractivity contribution in [3.8, 4) is 0 Å². The molecule has 0 fully saturated rings. The van der Waals surface area contributed by atoms with E-state index in [0.717, 1.165) is 0 Å². The Morgan fingerprint density at radius 2 is 1.90 bits per heavy atom. The van der Waals surface area contributed by atoms with Gasteiger partial charge in [-0.1, -0.05) is 6.92 Å². The molecule has 0 spiro atoms. The topological polar surface area (TPSA) is 43.4 Å². The molecule has 0 aliphatic heterocycles. The number of hydrogen-bond acceptors (Lipinski definition) is 3. The van der Waals surface area contributed by atoms with E-state index in [1.807, 2.05) is 6.92 Å². The summed E-state index contributed by atoms with van der Waals surface area (Å²) in [6.45, 7) is 3.06. The summed E-state index contributed by atoms with van der Waals surface area (Å²) in [5.41, 5.74) is 0. The van der Waals surface area contributed by atoms with Gasteiger partial charge in [0.1, 0.15) is 0 Å². The van der Waals surface area contributed by atoms with Crippen LogP contribution in [0.4, 0.5) is 0 Å². The quantitative estimate of drug-likeness (QED) is 0.513. The Balaban J connectivity index is 0. The minimum absolute atomic E-state index is 0. The summed E-state index contributed by atoms with van der Waals surface area (Å²) in [6, 6.07) is 0. The van der Waals surface area contributed by atoms with Gasteiger partial charge in [0.2, 0.25) is 0 Å². The molecule has 0 aliphatic rings. The normalized spacial score (nSPS) is 7.80. The first kappa shape index (κ1) is 12.7. The molecule has 0 N–H and O–H groups in total. The average Bonchev–Trinajstić information content (AvgIpc) is 1.63. The molecule has 0 atom stereocenters. The van der Waals surface area contributed by atoms with Crippen LogP contribution in [0.15, 0.2) is 0 Å². The molecule has 0 saturated carbocycles. The molecule has 4 heteroatoms. The minimum Gasteiger partial charge on any atom is -0.393 e. The Morgan fingerprint density at radius 3 is 2.20 bits per heavy atom. The summed E-state index contributed by atoms with van der Waals surface area (Å²) in [5.74, 6) is -0.974. The van der Waals surface area contributed by atoms with Crippen molar-refractivity contribution in [2.24, 2.45) is 0 Å². The molecule has 0 aromatic rings. The van der Waals surface area contributed by atoms with Gasteiger partial charge >= 0.3 is 11.9 Å². The van der Waals surface area contributed by atoms with Crippen LogP contribution in [0.3, 0.4) is 0 Å². The molecule has 0 unspecified atom stereocenters. The summed E-state index contributed by atoms with van der Waals surface area (Å²) in [7, 11) is 0. The maximum Gasteiger partial charge on any atom is 0.313 e. The Labute approximate surface area is 79.2 Å². The predicted octanol–water partition coefficient (Wildman–Crippen LogP) is 0.874. The number of hydrogen-bond donors (Lipinski definition) is 0. The van der Waals surface area contributed by atoms with Crippen molar-refractivity contribution in [3.05, 3.63) is 0 Å². The van der Waals surface area contributed by atoms with E-state index in [-0.39, 0.29) is 26.2 Å². The van der Waals surface area contributed by atoms with Gasteiger partial charge < -0.3 is 4.74 Å². The van der Waals surface area contributed by atoms with Gasteiger partial charge in [-0.3, -0.25) is 9.59 Å². The summed E-state index contributed by atoms with van der Waals surface area (Å²) in [5, 5.41) is 0. The maximum absolute atomic E-state index is 10.4. The van der Waals surface area contributed by atoms with E-state index in [9.17, 15) is 9.59 Å². The number of carbonyl (C=O) groups is 2. The van der Waals surface area contributed by atoms with Gasteiger partial charge in [0, 0.05) is 39.5 Å². The Hall–Kier alpha value is 0.0231. The van der Waals surface area contributed by atoms with Crippen LogP contribution in [0.25, 0.3) is 0 Å². The fourth-order valence-electron chi connectivity index (χ4n) is 0.415. The van der Waals surface area contributed by atoms with Crippen LogP contribution in [0.2, 0.25) is 0 Å². The molecule has 56 valence electrons. The second-order valence-electron chi connectivity index (χ2n) is 1.72. The first-order chi connectivity index (χ1) is 4.16. The van der Waals surface area contributed by atoms with Crippen molar-refractivity contribution < 1.29 is 40.5 Å². The van der Waals surface area contributed by atoms with Crippen molar-refractivity contribution in [1.29, 1.82) is 0 Å². The first-order valence-electron chi connectivity index (χ1n) is 2.88. The van der Waals surface area contributed by atoms with E-state index in [0.29, 0.717) is 12.8 Å². The van der Waals surface area contributed by atoms with Crippen LogP contribution in [-0.4, -0.2) is 11.9 Å². The van der Waals surface area contributed by atoms with E-state index >= 15 is 0 Å². The average molecular weight is 221 g/mol. The van der Waals surface area contributed by atoms with E-state index in [1.165, 1.54) is 6.92 Å². The number of ether oxygens (including phenoxy) is 1. The second kappa shape index (κ2) is 7.13. The third kappa shape index (κ3) is 8.02. The van der Waals surface area contributed by atoms with Crippen LogP contribution in [0.5, 0.6) is 0 Å². The van der Waals surface area contributed by atoms with Gasteiger partial charge in [-0.05, 0) is 6.42 Å². The van der Waals surface area contributed by atoms with E-state index < -0.39 is 11.9 Å². The zero-order valence-electron chi connectivity index (χ0n) is 6.14. The van der Waals surface area contributed by atoms with Gasteiger partial charge in [-0.2, -0.15) is 0 Å². The SMILES string of the molecule is CCCC(=O)OC(C)=O.[Zr]. The van der Waals surface area contributed by atoms with Crippen LogP contribution in [0.1, 0.15) is 26.7 Å². The van der Waals surface area contributed by atoms with E-state index in [1.54, 1.807) is 0 Å². The summed E-state index contributed by atoms with van der Waals surface area (Å²) >= 11 is 0. The van der Waals surface area contributed by atoms with E-state index in [2.05, 4.69) is 4.74 Å². The molecule has 10 heavy (non-hydrogen) atoms. The van der Waals surface area contributed by atoms with Crippen molar-refractivity contribution >= 4 is 11.9 Å². The molecule has 0 radical (unpaired) electrons. The monoisotopic (exact) mass is 220 g/mol. The number of carbonyl (C=O) groups excluding carboxylic acids is 2. The zero-order valence-corrected chi connectivity index (χ0v) is 8.60. The van der Waals surface area contributed by atoms with Crippen LogP contribution in [0, 0.1) is 0 Å². The number of esters is 2. The Morgan fingerprint density at radius 1 is 1.40 bits per heavy atom. The van der Waals surface area contributed by atoms with E-state index in [4.69, 9.17) is 0 Å². The third-order valence-corrected chi connectivity index (χ3v) is 0.712. The zero-order chi connectivity index (χ0) is 7.28. The maximum atomic E-state index is 10.4. The van der Waals surface area contributed by atoms with Gasteiger partial charge in [-0.15, -0.1) is 0 Å². The van der Waals surface area contributed by atoms with Gasteiger partial charge in [0.05, 0.1) is 0 Å². The largest absolute Gasteiger partial charge is 0.393 e. The van der Waals surface area contributed by atoms with Crippen molar-refractivity contribution in [3.63, 3.8) is 0 Å². The molecule has 0 rings (SSSR count). The molecule has 0 aliphatic carbocycles. The molecule has 0 heterocycles. The van der Waals surface area contributed by atoms with Crippen molar-refractivity contribution in [1.82, 2.24) is 0 Å². The molecule has 0 saturated heterocycles. The summed E-state index contributed by atoms with van der Waals surface area (Å²) in [6.07, 6.45) is 1.03. The predicted molar refractivity (Wildman–Crippen MR) is 31.7 cm³/mol. The van der Waals surface area contributed by atoms with Gasteiger partial charge in [-0.25, -0.2) is 0 Å². The molecular weight excluding hydrogens is 211 g/mol. The fraction of sp³-hybridized carbons (Fsp3) is 0.667. The minimum atomic E-state index is -0.534. The van der Waals surface area contributed by atoms with Crippen LogP contribution >= 0.6 is 0 Å². The fourth-order valence-corrected chi connectivity index (χ4v) is 0.415. The number of rotatable bonds is 2.